The molecule has 0 aromatic heterocycles. The fraction of sp³-hybridized carbons (Fsp3) is 0.588. The number of rotatable bonds is 9. The highest BCUT2D eigenvalue weighted by Crippen LogP contribution is 2.28. The Kier molecular flexibility index (Phi) is 6.69. The molecular formula is C17H27NO3. The van der Waals surface area contributed by atoms with Crippen molar-refractivity contribution in [3.05, 3.63) is 29.8 Å². The molecule has 1 aromatic carbocycles. The third-order valence-corrected chi connectivity index (χ3v) is 3.94. The van der Waals surface area contributed by atoms with Gasteiger partial charge in [-0.1, -0.05) is 39.8 Å². The van der Waals surface area contributed by atoms with E-state index in [1.165, 1.54) is 5.56 Å². The second-order valence-electron chi connectivity index (χ2n) is 5.85. The Bertz CT molecular complexity index is 440. The normalized spacial score (nSPS) is 13.0. The minimum atomic E-state index is -0.833. The maximum absolute atomic E-state index is 11.0. The Morgan fingerprint density at radius 3 is 2.38 bits per heavy atom. The number of carboxylic acids is 1. The van der Waals surface area contributed by atoms with Crippen LogP contribution in [-0.4, -0.2) is 30.3 Å². The number of benzene rings is 1. The smallest absolute Gasteiger partial charge is 0.320 e. The Labute approximate surface area is 127 Å². The fourth-order valence-electron chi connectivity index (χ4n) is 2.06. The van der Waals surface area contributed by atoms with Crippen molar-refractivity contribution in [2.45, 2.75) is 52.0 Å². The number of carboxylic acid groups (broad SMARTS) is 1. The molecule has 21 heavy (non-hydrogen) atoms. The van der Waals surface area contributed by atoms with Crippen LogP contribution in [0.3, 0.4) is 0 Å². The maximum atomic E-state index is 11.0. The lowest BCUT2D eigenvalue weighted by molar-refractivity contribution is -0.139. The van der Waals surface area contributed by atoms with Gasteiger partial charge < -0.3 is 15.2 Å². The molecule has 1 rings (SSSR count). The van der Waals surface area contributed by atoms with Crippen molar-refractivity contribution in [1.82, 2.24) is 5.32 Å². The van der Waals surface area contributed by atoms with Crippen LogP contribution in [-0.2, 0) is 10.2 Å². The summed E-state index contributed by atoms with van der Waals surface area (Å²) in [6, 6.07) is 7.52. The van der Waals surface area contributed by atoms with Crippen molar-refractivity contribution in [2.75, 3.05) is 13.2 Å². The summed E-state index contributed by atoms with van der Waals surface area (Å²) >= 11 is 0. The molecule has 0 spiro atoms. The molecule has 118 valence electrons. The van der Waals surface area contributed by atoms with Crippen LogP contribution in [0.1, 0.15) is 46.1 Å². The molecule has 0 saturated carbocycles. The van der Waals surface area contributed by atoms with E-state index in [9.17, 15) is 4.79 Å². The summed E-state index contributed by atoms with van der Waals surface area (Å²) in [5, 5.41) is 12.0. The molecule has 1 unspecified atom stereocenters. The molecule has 0 amide bonds. The van der Waals surface area contributed by atoms with Crippen molar-refractivity contribution < 1.29 is 14.6 Å². The molecule has 0 fully saturated rings. The molecule has 2 N–H and O–H groups in total. The van der Waals surface area contributed by atoms with E-state index in [1.54, 1.807) is 0 Å². The van der Waals surface area contributed by atoms with E-state index in [0.717, 1.165) is 12.2 Å². The van der Waals surface area contributed by atoms with Crippen LogP contribution in [0.15, 0.2) is 24.3 Å². The monoisotopic (exact) mass is 293 g/mol. The van der Waals surface area contributed by atoms with E-state index in [2.05, 4.69) is 38.2 Å². The van der Waals surface area contributed by atoms with Crippen molar-refractivity contribution >= 4 is 5.97 Å². The quantitative estimate of drug-likeness (QED) is 0.734. The molecular weight excluding hydrogens is 266 g/mol. The zero-order valence-electron chi connectivity index (χ0n) is 13.5. The maximum Gasteiger partial charge on any atom is 0.320 e. The van der Waals surface area contributed by atoms with Gasteiger partial charge in [0, 0.05) is 6.42 Å². The average Bonchev–Trinajstić information content (AvgIpc) is 2.46. The second kappa shape index (κ2) is 8.03. The van der Waals surface area contributed by atoms with Crippen LogP contribution >= 0.6 is 0 Å². The van der Waals surface area contributed by atoms with Crippen LogP contribution < -0.4 is 10.1 Å². The van der Waals surface area contributed by atoms with Crippen molar-refractivity contribution in [3.63, 3.8) is 0 Å². The lowest BCUT2D eigenvalue weighted by Crippen LogP contribution is -2.37. The van der Waals surface area contributed by atoms with Gasteiger partial charge in [-0.15, -0.1) is 0 Å². The lowest BCUT2D eigenvalue weighted by atomic mass is 9.82. The number of nitrogens with one attached hydrogen (secondary N) is 1. The molecule has 1 aromatic rings. The molecule has 1 atom stereocenters. The van der Waals surface area contributed by atoms with Crippen molar-refractivity contribution in [3.8, 4) is 5.75 Å². The number of carbonyl (C=O) groups is 1. The van der Waals surface area contributed by atoms with Gasteiger partial charge in [-0.2, -0.15) is 0 Å². The standard InChI is InChI=1S/C17H27NO3/c1-5-17(3,4)13-7-9-14(10-8-13)21-12-11-15(16(19)20)18-6-2/h7-10,15,18H,5-6,11-12H2,1-4H3,(H,19,20). The molecule has 0 bridgehead atoms. The van der Waals surface area contributed by atoms with Crippen LogP contribution in [0, 0.1) is 0 Å². The van der Waals surface area contributed by atoms with Gasteiger partial charge in [0.05, 0.1) is 6.61 Å². The number of likely N-dealkylation sites (N-methyl/N-ethyl adjacent to an activating group) is 1. The summed E-state index contributed by atoms with van der Waals surface area (Å²) in [5.41, 5.74) is 1.45. The molecule has 0 saturated heterocycles. The van der Waals surface area contributed by atoms with E-state index in [0.29, 0.717) is 19.6 Å². The van der Waals surface area contributed by atoms with Gasteiger partial charge in [0.2, 0.25) is 0 Å². The van der Waals surface area contributed by atoms with Crippen LogP contribution in [0.4, 0.5) is 0 Å². The van der Waals surface area contributed by atoms with Crippen LogP contribution in [0.5, 0.6) is 5.75 Å². The summed E-state index contributed by atoms with van der Waals surface area (Å²) in [7, 11) is 0. The van der Waals surface area contributed by atoms with E-state index >= 15 is 0 Å². The summed E-state index contributed by atoms with van der Waals surface area (Å²) in [6.45, 7) is 9.54. The first-order chi connectivity index (χ1) is 9.90. The Morgan fingerprint density at radius 1 is 1.29 bits per heavy atom. The summed E-state index contributed by atoms with van der Waals surface area (Å²) < 4.78 is 5.63. The topological polar surface area (TPSA) is 58.6 Å². The van der Waals surface area contributed by atoms with Gasteiger partial charge in [0.25, 0.3) is 0 Å². The molecule has 4 heteroatoms. The number of hydrogen-bond acceptors (Lipinski definition) is 3. The first kappa shape index (κ1) is 17.5. The van der Waals surface area contributed by atoms with E-state index in [1.807, 2.05) is 19.1 Å². The summed E-state index contributed by atoms with van der Waals surface area (Å²) in [5.74, 6) is -0.0493. The zero-order valence-corrected chi connectivity index (χ0v) is 13.5. The van der Waals surface area contributed by atoms with Gasteiger partial charge in [-0.3, -0.25) is 4.79 Å². The number of ether oxygens (including phenoxy) is 1. The van der Waals surface area contributed by atoms with Crippen molar-refractivity contribution in [1.29, 1.82) is 0 Å². The third-order valence-electron chi connectivity index (χ3n) is 3.94. The number of hydrogen-bond donors (Lipinski definition) is 2. The van der Waals surface area contributed by atoms with E-state index in [-0.39, 0.29) is 5.41 Å². The first-order valence-electron chi connectivity index (χ1n) is 7.60. The summed E-state index contributed by atoms with van der Waals surface area (Å²) in [6.07, 6.45) is 1.53. The predicted molar refractivity (Wildman–Crippen MR) is 85.0 cm³/mol. The largest absolute Gasteiger partial charge is 0.494 e. The predicted octanol–water partition coefficient (Wildman–Crippen LogP) is 3.21. The zero-order chi connectivity index (χ0) is 15.9. The molecule has 0 aliphatic rings. The van der Waals surface area contributed by atoms with E-state index in [4.69, 9.17) is 9.84 Å². The Morgan fingerprint density at radius 2 is 1.90 bits per heavy atom. The Balaban J connectivity index is 2.51. The molecule has 0 aliphatic heterocycles. The highest BCUT2D eigenvalue weighted by molar-refractivity contribution is 5.73. The highest BCUT2D eigenvalue weighted by atomic mass is 16.5. The summed E-state index contributed by atoms with van der Waals surface area (Å²) in [4.78, 5) is 11.0. The first-order valence-corrected chi connectivity index (χ1v) is 7.60. The van der Waals surface area contributed by atoms with Gasteiger partial charge in [0.1, 0.15) is 11.8 Å². The molecule has 0 radical (unpaired) electrons. The van der Waals surface area contributed by atoms with Crippen LogP contribution in [0.25, 0.3) is 0 Å². The fourth-order valence-corrected chi connectivity index (χ4v) is 2.06. The highest BCUT2D eigenvalue weighted by Gasteiger charge is 2.18. The van der Waals surface area contributed by atoms with Crippen LogP contribution in [0.2, 0.25) is 0 Å². The second-order valence-corrected chi connectivity index (χ2v) is 5.85. The van der Waals surface area contributed by atoms with Gasteiger partial charge >= 0.3 is 5.97 Å². The minimum Gasteiger partial charge on any atom is -0.494 e. The Hall–Kier alpha value is -1.55. The van der Waals surface area contributed by atoms with Gasteiger partial charge in [0.15, 0.2) is 0 Å². The number of aliphatic carboxylic acids is 1. The average molecular weight is 293 g/mol. The SMILES string of the molecule is CCNC(CCOc1ccc(C(C)(C)CC)cc1)C(=O)O. The lowest BCUT2D eigenvalue weighted by Gasteiger charge is -2.23. The molecule has 0 aliphatic carbocycles. The van der Waals surface area contributed by atoms with Crippen molar-refractivity contribution in [2.24, 2.45) is 0 Å². The van der Waals surface area contributed by atoms with E-state index < -0.39 is 12.0 Å². The van der Waals surface area contributed by atoms with Gasteiger partial charge in [-0.05, 0) is 36.1 Å². The third kappa shape index (κ3) is 5.38. The molecule has 0 heterocycles. The minimum absolute atomic E-state index is 0.165. The van der Waals surface area contributed by atoms with Gasteiger partial charge in [-0.25, -0.2) is 0 Å². The molecule has 4 nitrogen and oxygen atoms in total.